The summed E-state index contributed by atoms with van der Waals surface area (Å²) in [5.74, 6) is 1.10. The summed E-state index contributed by atoms with van der Waals surface area (Å²) in [6, 6.07) is 13.3. The van der Waals surface area contributed by atoms with Gasteiger partial charge in [-0.25, -0.2) is 0 Å². The topological polar surface area (TPSA) is 85.4 Å². The molecule has 5 rings (SSSR count). The van der Waals surface area contributed by atoms with Gasteiger partial charge in [-0.3, -0.25) is 14.8 Å². The fourth-order valence-electron chi connectivity index (χ4n) is 4.44. The lowest BCUT2D eigenvalue weighted by molar-refractivity contribution is 0.102. The van der Waals surface area contributed by atoms with Gasteiger partial charge in [-0.2, -0.15) is 0 Å². The fraction of sp³-hybridized carbons (Fsp3) is 0.222. The van der Waals surface area contributed by atoms with Crippen molar-refractivity contribution in [3.63, 3.8) is 0 Å². The van der Waals surface area contributed by atoms with Crippen LogP contribution in [0.15, 0.2) is 59.3 Å². The highest BCUT2D eigenvalue weighted by Crippen LogP contribution is 2.38. The molecule has 0 unspecified atom stereocenters. The Morgan fingerprint density at radius 2 is 1.74 bits per heavy atom. The van der Waals surface area contributed by atoms with Crippen molar-refractivity contribution in [2.75, 3.05) is 24.9 Å². The number of carbonyl (C=O) groups is 1. The standard InChI is InChI=1S/C27H25BrN4O3/c1-34-24-10-8-19(13-25(24)35-2)30-26-20-5-3-4-6-22(20)32-23-9-7-18(12-21(23)26)31-27(33)16-11-17(28)15-29-14-16/h7-15H,3-6H2,1-2H3,(H,30,32)(H,31,33). The Hall–Kier alpha value is -3.65. The summed E-state index contributed by atoms with van der Waals surface area (Å²) < 4.78 is 11.6. The first-order valence-corrected chi connectivity index (χ1v) is 12.2. The monoisotopic (exact) mass is 532 g/mol. The number of carbonyl (C=O) groups excluding carboxylic acids is 1. The van der Waals surface area contributed by atoms with Gasteiger partial charge in [0, 0.05) is 45.4 Å². The summed E-state index contributed by atoms with van der Waals surface area (Å²) >= 11 is 3.37. The van der Waals surface area contributed by atoms with Crippen molar-refractivity contribution >= 4 is 49.8 Å². The molecule has 0 radical (unpaired) electrons. The number of benzene rings is 2. The van der Waals surface area contributed by atoms with Gasteiger partial charge in [-0.05, 0) is 83.6 Å². The van der Waals surface area contributed by atoms with Gasteiger partial charge >= 0.3 is 0 Å². The molecule has 0 atom stereocenters. The molecule has 4 aromatic rings. The van der Waals surface area contributed by atoms with E-state index in [2.05, 4.69) is 31.5 Å². The van der Waals surface area contributed by atoms with Crippen molar-refractivity contribution in [1.29, 1.82) is 0 Å². The lowest BCUT2D eigenvalue weighted by Crippen LogP contribution is -2.13. The average molecular weight is 533 g/mol. The minimum absolute atomic E-state index is 0.224. The molecule has 8 heteroatoms. The number of aryl methyl sites for hydroxylation is 1. The van der Waals surface area contributed by atoms with Crippen LogP contribution in [0.25, 0.3) is 10.9 Å². The van der Waals surface area contributed by atoms with Crippen LogP contribution in [0.3, 0.4) is 0 Å². The fourth-order valence-corrected chi connectivity index (χ4v) is 4.81. The first-order chi connectivity index (χ1) is 17.1. The smallest absolute Gasteiger partial charge is 0.257 e. The van der Waals surface area contributed by atoms with Crippen LogP contribution >= 0.6 is 15.9 Å². The third kappa shape index (κ3) is 4.79. The molecule has 0 saturated heterocycles. The van der Waals surface area contributed by atoms with Crippen LogP contribution in [0.4, 0.5) is 17.1 Å². The number of rotatable bonds is 6. The number of anilines is 3. The molecule has 0 fully saturated rings. The van der Waals surface area contributed by atoms with Crippen LogP contribution in [-0.4, -0.2) is 30.1 Å². The number of aromatic nitrogens is 2. The maximum atomic E-state index is 12.8. The van der Waals surface area contributed by atoms with Crippen molar-refractivity contribution in [1.82, 2.24) is 9.97 Å². The van der Waals surface area contributed by atoms with E-state index in [1.807, 2.05) is 36.4 Å². The van der Waals surface area contributed by atoms with Crippen molar-refractivity contribution < 1.29 is 14.3 Å². The molecular formula is C27H25BrN4O3. The quantitative estimate of drug-likeness (QED) is 0.303. The highest BCUT2D eigenvalue weighted by Gasteiger charge is 2.20. The molecule has 35 heavy (non-hydrogen) atoms. The molecule has 2 N–H and O–H groups in total. The molecule has 0 aliphatic heterocycles. The van der Waals surface area contributed by atoms with Crippen LogP contribution < -0.4 is 20.1 Å². The molecule has 0 saturated carbocycles. The second-order valence-corrected chi connectivity index (χ2v) is 9.31. The maximum Gasteiger partial charge on any atom is 0.257 e. The Morgan fingerprint density at radius 3 is 2.54 bits per heavy atom. The number of nitrogens with zero attached hydrogens (tertiary/aromatic N) is 2. The Balaban J connectivity index is 1.56. The van der Waals surface area contributed by atoms with E-state index < -0.39 is 0 Å². The molecule has 1 amide bonds. The number of methoxy groups -OCH3 is 2. The third-order valence-electron chi connectivity index (χ3n) is 6.14. The zero-order chi connectivity index (χ0) is 24.4. The van der Waals surface area contributed by atoms with E-state index in [-0.39, 0.29) is 5.91 Å². The predicted octanol–water partition coefficient (Wildman–Crippen LogP) is 6.28. The van der Waals surface area contributed by atoms with Gasteiger partial charge in [0.2, 0.25) is 0 Å². The summed E-state index contributed by atoms with van der Waals surface area (Å²) in [5.41, 5.74) is 6.30. The predicted molar refractivity (Wildman–Crippen MR) is 141 cm³/mol. The number of pyridine rings is 2. The van der Waals surface area contributed by atoms with E-state index in [1.165, 1.54) is 5.56 Å². The summed E-state index contributed by atoms with van der Waals surface area (Å²) in [5, 5.41) is 7.56. The normalized spacial score (nSPS) is 12.7. The molecule has 0 spiro atoms. The molecular weight excluding hydrogens is 508 g/mol. The molecule has 178 valence electrons. The second kappa shape index (κ2) is 9.92. The lowest BCUT2D eigenvalue weighted by atomic mass is 9.92. The van der Waals surface area contributed by atoms with Crippen molar-refractivity contribution in [2.24, 2.45) is 0 Å². The van der Waals surface area contributed by atoms with E-state index >= 15 is 0 Å². The summed E-state index contributed by atoms with van der Waals surface area (Å²) in [6.45, 7) is 0. The SMILES string of the molecule is COc1ccc(Nc2c3c(nc4ccc(NC(=O)c5cncc(Br)c5)cc24)CCCC3)cc1OC. The van der Waals surface area contributed by atoms with Gasteiger partial charge in [0.15, 0.2) is 11.5 Å². The summed E-state index contributed by atoms with van der Waals surface area (Å²) in [7, 11) is 3.25. The van der Waals surface area contributed by atoms with Gasteiger partial charge in [0.1, 0.15) is 0 Å². The zero-order valence-electron chi connectivity index (χ0n) is 19.5. The summed E-state index contributed by atoms with van der Waals surface area (Å²) in [6.07, 6.45) is 7.36. The minimum atomic E-state index is -0.224. The van der Waals surface area contributed by atoms with Crippen LogP contribution in [0, 0.1) is 0 Å². The van der Waals surface area contributed by atoms with E-state index in [0.717, 1.165) is 58.1 Å². The van der Waals surface area contributed by atoms with Crippen LogP contribution in [0.5, 0.6) is 11.5 Å². The number of hydrogen-bond donors (Lipinski definition) is 2. The van der Waals surface area contributed by atoms with Crippen LogP contribution in [0.2, 0.25) is 0 Å². The van der Waals surface area contributed by atoms with E-state index in [9.17, 15) is 4.79 Å². The first kappa shape index (κ1) is 23.1. The molecule has 1 aliphatic carbocycles. The number of hydrogen-bond acceptors (Lipinski definition) is 6. The molecule has 2 heterocycles. The highest BCUT2D eigenvalue weighted by atomic mass is 79.9. The minimum Gasteiger partial charge on any atom is -0.493 e. The number of ether oxygens (including phenoxy) is 2. The summed E-state index contributed by atoms with van der Waals surface area (Å²) in [4.78, 5) is 21.9. The van der Waals surface area contributed by atoms with Crippen molar-refractivity contribution in [3.05, 3.63) is 76.2 Å². The highest BCUT2D eigenvalue weighted by molar-refractivity contribution is 9.10. The number of amides is 1. The van der Waals surface area contributed by atoms with Gasteiger partial charge in [0.05, 0.1) is 31.0 Å². The Morgan fingerprint density at radius 1 is 0.943 bits per heavy atom. The lowest BCUT2D eigenvalue weighted by Gasteiger charge is -2.22. The zero-order valence-corrected chi connectivity index (χ0v) is 21.1. The van der Waals surface area contributed by atoms with E-state index in [4.69, 9.17) is 14.5 Å². The molecule has 0 bridgehead atoms. The third-order valence-corrected chi connectivity index (χ3v) is 6.57. The van der Waals surface area contributed by atoms with Crippen molar-refractivity contribution in [3.8, 4) is 11.5 Å². The average Bonchev–Trinajstić information content (AvgIpc) is 2.88. The van der Waals surface area contributed by atoms with Crippen LogP contribution in [0.1, 0.15) is 34.5 Å². The number of nitrogens with one attached hydrogen (secondary N) is 2. The van der Waals surface area contributed by atoms with Crippen LogP contribution in [-0.2, 0) is 12.8 Å². The van der Waals surface area contributed by atoms with Gasteiger partial charge < -0.3 is 20.1 Å². The van der Waals surface area contributed by atoms with E-state index in [1.54, 1.807) is 32.7 Å². The van der Waals surface area contributed by atoms with Gasteiger partial charge in [0.25, 0.3) is 5.91 Å². The second-order valence-electron chi connectivity index (χ2n) is 8.39. The Bertz CT molecular complexity index is 1420. The number of fused-ring (bicyclic) bond motifs is 2. The Labute approximate surface area is 212 Å². The van der Waals surface area contributed by atoms with Crippen molar-refractivity contribution in [2.45, 2.75) is 25.7 Å². The molecule has 7 nitrogen and oxygen atoms in total. The maximum absolute atomic E-state index is 12.8. The van der Waals surface area contributed by atoms with Gasteiger partial charge in [-0.1, -0.05) is 0 Å². The molecule has 2 aromatic heterocycles. The largest absolute Gasteiger partial charge is 0.493 e. The first-order valence-electron chi connectivity index (χ1n) is 11.4. The number of halogens is 1. The molecule has 2 aromatic carbocycles. The molecule has 1 aliphatic rings. The van der Waals surface area contributed by atoms with E-state index in [0.29, 0.717) is 22.7 Å². The van der Waals surface area contributed by atoms with Gasteiger partial charge in [-0.15, -0.1) is 0 Å². The Kier molecular flexibility index (Phi) is 6.55.